The number of thiophene rings is 1. The zero-order chi connectivity index (χ0) is 21.8. The smallest absolute Gasteiger partial charge is 0.254 e. The van der Waals surface area contributed by atoms with E-state index in [1.54, 1.807) is 11.3 Å². The van der Waals surface area contributed by atoms with E-state index in [9.17, 15) is 4.79 Å². The third-order valence-electron chi connectivity index (χ3n) is 6.34. The predicted octanol–water partition coefficient (Wildman–Crippen LogP) is 5.82. The summed E-state index contributed by atoms with van der Waals surface area (Å²) in [6, 6.07) is 21.1. The Morgan fingerprint density at radius 2 is 1.81 bits per heavy atom. The van der Waals surface area contributed by atoms with Crippen molar-refractivity contribution in [1.82, 2.24) is 9.80 Å². The summed E-state index contributed by atoms with van der Waals surface area (Å²) >= 11 is 1.76. The fraction of sp³-hybridized carbons (Fsp3) is 0.370. The maximum absolute atomic E-state index is 13.3. The molecule has 1 aliphatic heterocycles. The highest BCUT2D eigenvalue weighted by atomic mass is 32.1. The van der Waals surface area contributed by atoms with Gasteiger partial charge in [-0.3, -0.25) is 9.69 Å². The minimum atomic E-state index is 0.134. The van der Waals surface area contributed by atoms with Crippen LogP contribution >= 0.6 is 11.3 Å². The Balaban J connectivity index is 1.57. The Hall–Kier alpha value is -2.43. The first kappa shape index (κ1) is 21.8. The molecule has 162 valence electrons. The van der Waals surface area contributed by atoms with Crippen LogP contribution in [0, 0.1) is 12.8 Å². The molecule has 0 N–H and O–H groups in total. The molecule has 31 heavy (non-hydrogen) atoms. The molecule has 4 heteroatoms. The lowest BCUT2D eigenvalue weighted by Crippen LogP contribution is -2.42. The summed E-state index contributed by atoms with van der Waals surface area (Å²) in [5.74, 6) is 0.981. The van der Waals surface area contributed by atoms with Crippen LogP contribution in [0.4, 0.5) is 0 Å². The van der Waals surface area contributed by atoms with Gasteiger partial charge in [-0.05, 0) is 66.8 Å². The Labute approximate surface area is 190 Å². The number of amides is 1. The molecule has 3 aromatic rings. The van der Waals surface area contributed by atoms with E-state index in [1.807, 2.05) is 30.3 Å². The van der Waals surface area contributed by atoms with E-state index in [-0.39, 0.29) is 11.9 Å². The largest absolute Gasteiger partial charge is 0.336 e. The fourth-order valence-corrected chi connectivity index (χ4v) is 5.29. The van der Waals surface area contributed by atoms with Crippen molar-refractivity contribution in [3.8, 4) is 0 Å². The van der Waals surface area contributed by atoms with Crippen LogP contribution in [0.5, 0.6) is 0 Å². The fourth-order valence-electron chi connectivity index (χ4n) is 4.63. The highest BCUT2D eigenvalue weighted by molar-refractivity contribution is 7.07. The molecular weight excluding hydrogens is 400 g/mol. The van der Waals surface area contributed by atoms with E-state index in [0.29, 0.717) is 11.8 Å². The van der Waals surface area contributed by atoms with Crippen molar-refractivity contribution in [1.29, 1.82) is 0 Å². The van der Waals surface area contributed by atoms with Gasteiger partial charge in [0.25, 0.3) is 5.91 Å². The highest BCUT2D eigenvalue weighted by Crippen LogP contribution is 2.35. The lowest BCUT2D eigenvalue weighted by Gasteiger charge is -2.32. The quantitative estimate of drug-likeness (QED) is 0.469. The van der Waals surface area contributed by atoms with Crippen LogP contribution < -0.4 is 0 Å². The number of nitrogens with zero attached hydrogens (tertiary/aromatic N) is 2. The first-order chi connectivity index (χ1) is 15.0. The molecule has 0 aliphatic carbocycles. The molecule has 1 amide bonds. The van der Waals surface area contributed by atoms with Crippen molar-refractivity contribution in [2.24, 2.45) is 5.92 Å². The SMILES string of the molecule is Cc1ccc([C@@H]2CN(Cc3ccsc3)C[C@H]2CN(C(=O)c2ccccc2)C(C)C)cc1. The molecular formula is C27H32N2OS. The van der Waals surface area contributed by atoms with E-state index in [1.165, 1.54) is 16.7 Å². The minimum Gasteiger partial charge on any atom is -0.336 e. The van der Waals surface area contributed by atoms with E-state index >= 15 is 0 Å². The maximum Gasteiger partial charge on any atom is 0.254 e. The third-order valence-corrected chi connectivity index (χ3v) is 7.08. The van der Waals surface area contributed by atoms with Gasteiger partial charge in [-0.15, -0.1) is 0 Å². The molecule has 0 bridgehead atoms. The number of hydrogen-bond donors (Lipinski definition) is 0. The summed E-state index contributed by atoms with van der Waals surface area (Å²) in [5, 5.41) is 4.40. The van der Waals surface area contributed by atoms with Gasteiger partial charge in [-0.1, -0.05) is 48.0 Å². The van der Waals surface area contributed by atoms with Gasteiger partial charge in [0.05, 0.1) is 0 Å². The van der Waals surface area contributed by atoms with Gasteiger partial charge in [-0.25, -0.2) is 0 Å². The van der Waals surface area contributed by atoms with Crippen LogP contribution in [0.25, 0.3) is 0 Å². The highest BCUT2D eigenvalue weighted by Gasteiger charge is 2.36. The van der Waals surface area contributed by atoms with Crippen molar-refractivity contribution in [3.63, 3.8) is 0 Å². The molecule has 0 unspecified atom stereocenters. The lowest BCUT2D eigenvalue weighted by atomic mass is 9.88. The standard InChI is InChI=1S/C27H32N2OS/c1-20(2)29(27(30)24-7-5-4-6-8-24)17-25-16-28(15-22-13-14-31-19-22)18-26(25)23-11-9-21(3)10-12-23/h4-14,19-20,25-26H,15-18H2,1-3H3/t25-,26-/m0/s1. The summed E-state index contributed by atoms with van der Waals surface area (Å²) in [7, 11) is 0. The summed E-state index contributed by atoms with van der Waals surface area (Å²) in [6.45, 7) is 10.2. The van der Waals surface area contributed by atoms with Crippen LogP contribution in [-0.2, 0) is 6.54 Å². The molecule has 1 fully saturated rings. The van der Waals surface area contributed by atoms with E-state index in [0.717, 1.165) is 31.7 Å². The van der Waals surface area contributed by atoms with Gasteiger partial charge in [0, 0.05) is 43.7 Å². The van der Waals surface area contributed by atoms with Crippen molar-refractivity contribution < 1.29 is 4.79 Å². The zero-order valence-corrected chi connectivity index (χ0v) is 19.5. The first-order valence-electron chi connectivity index (χ1n) is 11.2. The molecule has 3 nitrogen and oxygen atoms in total. The Bertz CT molecular complexity index is 966. The molecule has 1 aliphatic rings. The Kier molecular flexibility index (Phi) is 6.89. The van der Waals surface area contributed by atoms with Crippen LogP contribution in [0.1, 0.15) is 46.8 Å². The normalized spacial score (nSPS) is 19.1. The molecule has 0 radical (unpaired) electrons. The molecule has 2 aromatic carbocycles. The Morgan fingerprint density at radius 1 is 1.06 bits per heavy atom. The number of carbonyl (C=O) groups is 1. The van der Waals surface area contributed by atoms with Gasteiger partial charge in [0.15, 0.2) is 0 Å². The summed E-state index contributed by atoms with van der Waals surface area (Å²) in [4.78, 5) is 17.9. The van der Waals surface area contributed by atoms with Crippen molar-refractivity contribution >= 4 is 17.2 Å². The maximum atomic E-state index is 13.3. The number of likely N-dealkylation sites (tertiary alicyclic amines) is 1. The molecule has 0 spiro atoms. The van der Waals surface area contributed by atoms with Gasteiger partial charge >= 0.3 is 0 Å². The minimum absolute atomic E-state index is 0.134. The molecule has 0 saturated carbocycles. The number of carbonyl (C=O) groups excluding carboxylic acids is 1. The van der Waals surface area contributed by atoms with E-state index in [2.05, 4.69) is 71.7 Å². The van der Waals surface area contributed by atoms with Crippen LogP contribution in [-0.4, -0.2) is 41.4 Å². The molecule has 4 rings (SSSR count). The molecule has 1 saturated heterocycles. The summed E-state index contributed by atoms with van der Waals surface area (Å²) in [6.07, 6.45) is 0. The van der Waals surface area contributed by atoms with Crippen LogP contribution in [0.15, 0.2) is 71.4 Å². The number of benzene rings is 2. The first-order valence-corrected chi connectivity index (χ1v) is 12.1. The van der Waals surface area contributed by atoms with Crippen molar-refractivity contribution in [2.45, 2.75) is 39.3 Å². The number of rotatable bonds is 7. The van der Waals surface area contributed by atoms with Gasteiger partial charge < -0.3 is 4.90 Å². The van der Waals surface area contributed by atoms with Crippen LogP contribution in [0.3, 0.4) is 0 Å². The average molecular weight is 433 g/mol. The summed E-state index contributed by atoms with van der Waals surface area (Å²) < 4.78 is 0. The van der Waals surface area contributed by atoms with Crippen LogP contribution in [0.2, 0.25) is 0 Å². The molecule has 2 atom stereocenters. The predicted molar refractivity (Wildman–Crippen MR) is 130 cm³/mol. The lowest BCUT2D eigenvalue weighted by molar-refractivity contribution is 0.0668. The van der Waals surface area contributed by atoms with Crippen molar-refractivity contribution in [2.75, 3.05) is 19.6 Å². The Morgan fingerprint density at radius 3 is 2.45 bits per heavy atom. The number of aryl methyl sites for hydroxylation is 1. The summed E-state index contributed by atoms with van der Waals surface area (Å²) in [5.41, 5.74) is 4.83. The van der Waals surface area contributed by atoms with E-state index < -0.39 is 0 Å². The number of hydrogen-bond acceptors (Lipinski definition) is 3. The topological polar surface area (TPSA) is 23.6 Å². The van der Waals surface area contributed by atoms with Gasteiger partial charge in [0.2, 0.25) is 0 Å². The monoisotopic (exact) mass is 432 g/mol. The second-order valence-corrected chi connectivity index (χ2v) is 9.80. The molecule has 1 aromatic heterocycles. The third kappa shape index (κ3) is 5.25. The average Bonchev–Trinajstić information content (AvgIpc) is 3.43. The second-order valence-electron chi connectivity index (χ2n) is 9.02. The van der Waals surface area contributed by atoms with Gasteiger partial charge in [-0.2, -0.15) is 11.3 Å². The van der Waals surface area contributed by atoms with E-state index in [4.69, 9.17) is 0 Å². The molecule has 2 heterocycles. The van der Waals surface area contributed by atoms with Gasteiger partial charge in [0.1, 0.15) is 0 Å². The zero-order valence-electron chi connectivity index (χ0n) is 18.7. The van der Waals surface area contributed by atoms with Crippen molar-refractivity contribution in [3.05, 3.63) is 93.7 Å². The second kappa shape index (κ2) is 9.80.